The van der Waals surface area contributed by atoms with Crippen molar-refractivity contribution in [3.63, 3.8) is 0 Å². The van der Waals surface area contributed by atoms with Gasteiger partial charge in [0.2, 0.25) is 0 Å². The van der Waals surface area contributed by atoms with Gasteiger partial charge in [-0.15, -0.1) is 0 Å². The van der Waals surface area contributed by atoms with Crippen LogP contribution in [0.2, 0.25) is 0 Å². The van der Waals surface area contributed by atoms with Gasteiger partial charge in [0.05, 0.1) is 6.04 Å². The number of hydrogen-bond donors (Lipinski definition) is 2. The van der Waals surface area contributed by atoms with Crippen molar-refractivity contribution in [2.45, 2.75) is 38.0 Å². The second kappa shape index (κ2) is 10.5. The van der Waals surface area contributed by atoms with Gasteiger partial charge in [-0.05, 0) is 49.2 Å². The average Bonchev–Trinajstić information content (AvgIpc) is 2.83. The van der Waals surface area contributed by atoms with E-state index in [0.717, 1.165) is 31.5 Å². The Labute approximate surface area is 182 Å². The van der Waals surface area contributed by atoms with Crippen molar-refractivity contribution in [1.82, 2.24) is 10.2 Å². The molecule has 2 aliphatic heterocycles. The van der Waals surface area contributed by atoms with Gasteiger partial charge in [0.25, 0.3) is 0 Å². The molecule has 1 saturated heterocycles. The van der Waals surface area contributed by atoms with Crippen LogP contribution in [-0.2, 0) is 11.3 Å². The predicted octanol–water partition coefficient (Wildman–Crippen LogP) is 3.27. The van der Waals surface area contributed by atoms with Crippen molar-refractivity contribution < 1.29 is 24.1 Å². The Bertz CT molecular complexity index is 854. The quantitative estimate of drug-likeness (QED) is 0.707. The van der Waals surface area contributed by atoms with E-state index in [2.05, 4.69) is 10.2 Å². The molecular formula is C24H30N2O5. The first kappa shape index (κ1) is 21.5. The molecule has 0 bridgehead atoms. The standard InChI is InChI=1S/C24H30N2O5/c27-23(19-9-10-21-22(15-19)30-14-13-29-21)20(16-26-11-5-2-6-12-26)25-24(28)31-17-18-7-3-1-4-8-18/h1,3-4,7-10,15,20,23,27H,2,5-6,11-14,16-17H2,(H,25,28)/t20-,23-/m1/s1. The maximum atomic E-state index is 12.5. The third kappa shape index (κ3) is 5.89. The summed E-state index contributed by atoms with van der Waals surface area (Å²) in [6.45, 7) is 3.66. The van der Waals surface area contributed by atoms with Gasteiger partial charge in [0.15, 0.2) is 11.5 Å². The highest BCUT2D eigenvalue weighted by Gasteiger charge is 2.28. The summed E-state index contributed by atoms with van der Waals surface area (Å²) in [5, 5.41) is 14.0. The molecule has 2 atom stereocenters. The first-order valence-corrected chi connectivity index (χ1v) is 11.0. The summed E-state index contributed by atoms with van der Waals surface area (Å²) in [7, 11) is 0. The van der Waals surface area contributed by atoms with E-state index in [1.54, 1.807) is 12.1 Å². The summed E-state index contributed by atoms with van der Waals surface area (Å²) in [4.78, 5) is 14.8. The molecule has 7 heteroatoms. The van der Waals surface area contributed by atoms with Gasteiger partial charge in [-0.2, -0.15) is 0 Å². The average molecular weight is 427 g/mol. The number of likely N-dealkylation sites (tertiary alicyclic amines) is 1. The Morgan fingerprint density at radius 2 is 1.77 bits per heavy atom. The maximum absolute atomic E-state index is 12.5. The minimum absolute atomic E-state index is 0.184. The lowest BCUT2D eigenvalue weighted by Gasteiger charge is -2.33. The Morgan fingerprint density at radius 1 is 1.03 bits per heavy atom. The van der Waals surface area contributed by atoms with Gasteiger partial charge in [-0.3, -0.25) is 0 Å². The summed E-state index contributed by atoms with van der Waals surface area (Å²) < 4.78 is 16.6. The van der Waals surface area contributed by atoms with Crippen LogP contribution in [0.5, 0.6) is 11.5 Å². The number of piperidine rings is 1. The van der Waals surface area contributed by atoms with Crippen molar-refractivity contribution in [3.8, 4) is 11.5 Å². The number of fused-ring (bicyclic) bond motifs is 1. The molecule has 2 heterocycles. The highest BCUT2D eigenvalue weighted by atomic mass is 16.6. The summed E-state index contributed by atoms with van der Waals surface area (Å²) in [6.07, 6.45) is 2.04. The van der Waals surface area contributed by atoms with Crippen LogP contribution < -0.4 is 14.8 Å². The largest absolute Gasteiger partial charge is 0.486 e. The SMILES string of the molecule is O=C(N[C@H](CN1CCCCC1)[C@H](O)c1ccc2c(c1)OCCO2)OCc1ccccc1. The summed E-state index contributed by atoms with van der Waals surface area (Å²) in [5.41, 5.74) is 1.59. The lowest BCUT2D eigenvalue weighted by atomic mass is 10.00. The fraction of sp³-hybridized carbons (Fsp3) is 0.458. The number of rotatable bonds is 7. The van der Waals surface area contributed by atoms with Crippen LogP contribution in [0.4, 0.5) is 4.79 Å². The van der Waals surface area contributed by atoms with Crippen molar-refractivity contribution in [2.75, 3.05) is 32.8 Å². The zero-order valence-corrected chi connectivity index (χ0v) is 17.7. The molecule has 4 rings (SSSR count). The monoisotopic (exact) mass is 426 g/mol. The Hall–Kier alpha value is -2.77. The van der Waals surface area contributed by atoms with E-state index in [4.69, 9.17) is 14.2 Å². The van der Waals surface area contributed by atoms with Crippen molar-refractivity contribution in [3.05, 3.63) is 59.7 Å². The molecule has 1 amide bonds. The molecule has 7 nitrogen and oxygen atoms in total. The third-order valence-corrected chi connectivity index (χ3v) is 5.71. The summed E-state index contributed by atoms with van der Waals surface area (Å²) >= 11 is 0. The van der Waals surface area contributed by atoms with E-state index < -0.39 is 18.2 Å². The minimum atomic E-state index is -0.901. The molecule has 2 aromatic carbocycles. The molecule has 1 fully saturated rings. The third-order valence-electron chi connectivity index (χ3n) is 5.71. The maximum Gasteiger partial charge on any atom is 0.407 e. The number of ether oxygens (including phenoxy) is 3. The zero-order chi connectivity index (χ0) is 21.5. The molecule has 0 radical (unpaired) electrons. The van der Waals surface area contributed by atoms with Crippen LogP contribution >= 0.6 is 0 Å². The van der Waals surface area contributed by atoms with Crippen LogP contribution in [0.15, 0.2) is 48.5 Å². The van der Waals surface area contributed by atoms with Crippen LogP contribution in [0.1, 0.15) is 36.5 Å². The van der Waals surface area contributed by atoms with E-state index in [-0.39, 0.29) is 6.61 Å². The highest BCUT2D eigenvalue weighted by Crippen LogP contribution is 2.33. The Morgan fingerprint density at radius 3 is 2.55 bits per heavy atom. The number of benzene rings is 2. The molecule has 166 valence electrons. The predicted molar refractivity (Wildman–Crippen MR) is 116 cm³/mol. The zero-order valence-electron chi connectivity index (χ0n) is 17.7. The number of nitrogens with zero attached hydrogens (tertiary/aromatic N) is 1. The van der Waals surface area contributed by atoms with Crippen LogP contribution in [0, 0.1) is 0 Å². The van der Waals surface area contributed by atoms with E-state index in [1.165, 1.54) is 6.42 Å². The number of aliphatic hydroxyl groups is 1. The summed E-state index contributed by atoms with van der Waals surface area (Å²) in [5.74, 6) is 1.29. The fourth-order valence-electron chi connectivity index (χ4n) is 4.04. The number of carbonyl (C=O) groups excluding carboxylic acids is 1. The number of carbonyl (C=O) groups is 1. The molecule has 0 aromatic heterocycles. The van der Waals surface area contributed by atoms with Gasteiger partial charge in [-0.25, -0.2) is 4.79 Å². The number of aliphatic hydroxyl groups excluding tert-OH is 1. The molecule has 0 unspecified atom stereocenters. The first-order valence-electron chi connectivity index (χ1n) is 11.0. The van der Waals surface area contributed by atoms with Crippen molar-refractivity contribution in [1.29, 1.82) is 0 Å². The Kier molecular flexibility index (Phi) is 7.27. The number of hydrogen-bond acceptors (Lipinski definition) is 6. The lowest BCUT2D eigenvalue weighted by Crippen LogP contribution is -2.48. The van der Waals surface area contributed by atoms with E-state index in [9.17, 15) is 9.90 Å². The Balaban J connectivity index is 1.44. The van der Waals surface area contributed by atoms with Crippen LogP contribution in [0.3, 0.4) is 0 Å². The fourth-order valence-corrected chi connectivity index (χ4v) is 4.04. The molecule has 0 aliphatic carbocycles. The van der Waals surface area contributed by atoms with Gasteiger partial charge >= 0.3 is 6.09 Å². The second-order valence-electron chi connectivity index (χ2n) is 8.02. The molecule has 0 saturated carbocycles. The highest BCUT2D eigenvalue weighted by molar-refractivity contribution is 5.67. The van der Waals surface area contributed by atoms with Gasteiger partial charge in [0, 0.05) is 6.54 Å². The lowest BCUT2D eigenvalue weighted by molar-refractivity contribution is 0.0796. The molecular weight excluding hydrogens is 396 g/mol. The molecule has 2 N–H and O–H groups in total. The van der Waals surface area contributed by atoms with E-state index in [0.29, 0.717) is 36.8 Å². The molecule has 0 spiro atoms. The van der Waals surface area contributed by atoms with Gasteiger partial charge in [0.1, 0.15) is 25.9 Å². The van der Waals surface area contributed by atoms with Crippen molar-refractivity contribution >= 4 is 6.09 Å². The topological polar surface area (TPSA) is 80.3 Å². The first-order chi connectivity index (χ1) is 15.2. The smallest absolute Gasteiger partial charge is 0.407 e. The molecule has 31 heavy (non-hydrogen) atoms. The van der Waals surface area contributed by atoms with Gasteiger partial charge < -0.3 is 29.5 Å². The number of nitrogens with one attached hydrogen (secondary N) is 1. The summed E-state index contributed by atoms with van der Waals surface area (Å²) in [6, 6.07) is 14.4. The normalized spacial score (nSPS) is 18.1. The second-order valence-corrected chi connectivity index (χ2v) is 8.02. The minimum Gasteiger partial charge on any atom is -0.486 e. The molecule has 2 aliphatic rings. The molecule has 2 aromatic rings. The van der Waals surface area contributed by atoms with Crippen LogP contribution in [-0.4, -0.2) is 55.0 Å². The van der Waals surface area contributed by atoms with E-state index in [1.807, 2.05) is 36.4 Å². The number of amides is 1. The number of alkyl carbamates (subject to hydrolysis) is 1. The van der Waals surface area contributed by atoms with Gasteiger partial charge in [-0.1, -0.05) is 42.8 Å². The van der Waals surface area contributed by atoms with E-state index >= 15 is 0 Å². The van der Waals surface area contributed by atoms with Crippen LogP contribution in [0.25, 0.3) is 0 Å². The van der Waals surface area contributed by atoms with Crippen molar-refractivity contribution in [2.24, 2.45) is 0 Å².